The van der Waals surface area contributed by atoms with Crippen LogP contribution in [0.25, 0.3) is 0 Å². The van der Waals surface area contributed by atoms with Crippen molar-refractivity contribution in [3.05, 3.63) is 54.0 Å². The fraction of sp³-hybridized carbons (Fsp3) is 0.421. The molecule has 1 aromatic heterocycles. The normalized spacial score (nSPS) is 15.7. The maximum Gasteiger partial charge on any atom is 0.356 e. The lowest BCUT2D eigenvalue weighted by molar-refractivity contribution is 0.0690. The summed E-state index contributed by atoms with van der Waals surface area (Å²) in [4.78, 5) is 23.6. The third kappa shape index (κ3) is 5.50. The quantitative estimate of drug-likeness (QED) is 0.699. The van der Waals surface area contributed by atoms with Gasteiger partial charge in [0.25, 0.3) is 0 Å². The summed E-state index contributed by atoms with van der Waals surface area (Å²) in [5, 5.41) is 12.0. The predicted molar refractivity (Wildman–Crippen MR) is 100 cm³/mol. The summed E-state index contributed by atoms with van der Waals surface area (Å²) in [5.74, 6) is -0.446. The number of rotatable bonds is 8. The largest absolute Gasteiger partial charge is 0.476 e. The van der Waals surface area contributed by atoms with Crippen molar-refractivity contribution in [1.29, 1.82) is 0 Å². The summed E-state index contributed by atoms with van der Waals surface area (Å²) in [6.45, 7) is 7.27. The number of aromatic nitrogens is 2. The Morgan fingerprint density at radius 2 is 1.77 bits per heavy atom. The Balaban J connectivity index is 1.31. The Labute approximate surface area is 153 Å². The molecule has 0 spiro atoms. The zero-order valence-electron chi connectivity index (χ0n) is 14.8. The van der Waals surface area contributed by atoms with Crippen LogP contribution in [0.1, 0.15) is 22.5 Å². The Hall–Kier alpha value is -2.51. The van der Waals surface area contributed by atoms with Crippen molar-refractivity contribution in [3.63, 3.8) is 0 Å². The van der Waals surface area contributed by atoms with Gasteiger partial charge in [0, 0.05) is 39.3 Å². The van der Waals surface area contributed by atoms with E-state index < -0.39 is 5.97 Å². The predicted octanol–water partition coefficient (Wildman–Crippen LogP) is 1.79. The van der Waals surface area contributed by atoms with Crippen LogP contribution in [0, 0.1) is 0 Å². The van der Waals surface area contributed by atoms with E-state index in [1.165, 1.54) is 18.0 Å². The first kappa shape index (κ1) is 18.3. The number of aromatic carboxylic acids is 1. The van der Waals surface area contributed by atoms with Gasteiger partial charge in [-0.1, -0.05) is 30.3 Å². The zero-order valence-corrected chi connectivity index (χ0v) is 14.8. The third-order valence-electron chi connectivity index (χ3n) is 4.54. The van der Waals surface area contributed by atoms with Gasteiger partial charge in [-0.3, -0.25) is 4.90 Å². The van der Waals surface area contributed by atoms with Crippen molar-refractivity contribution in [2.75, 3.05) is 44.6 Å². The lowest BCUT2D eigenvalue weighted by Gasteiger charge is -2.34. The Morgan fingerprint density at radius 3 is 2.42 bits per heavy atom. The summed E-state index contributed by atoms with van der Waals surface area (Å²) in [5.41, 5.74) is 1.34. The van der Waals surface area contributed by atoms with Gasteiger partial charge < -0.3 is 15.3 Å². The number of nitrogens with zero attached hydrogens (tertiary/aromatic N) is 4. The molecule has 0 aliphatic carbocycles. The summed E-state index contributed by atoms with van der Waals surface area (Å²) in [6, 6.07) is 10.6. The molecule has 1 aliphatic rings. The molecule has 1 saturated heterocycles. The SMILES string of the molecule is O=C(O)c1cnc(NCCCN2CCN(Cc3ccccc3)CC2)cn1. The average molecular weight is 355 g/mol. The summed E-state index contributed by atoms with van der Waals surface area (Å²) in [6.07, 6.45) is 3.75. The van der Waals surface area contributed by atoms with E-state index in [-0.39, 0.29) is 5.69 Å². The number of carboxylic acids is 1. The van der Waals surface area contributed by atoms with Gasteiger partial charge in [-0.15, -0.1) is 0 Å². The van der Waals surface area contributed by atoms with Gasteiger partial charge in [-0.2, -0.15) is 0 Å². The van der Waals surface area contributed by atoms with Crippen LogP contribution in [0.15, 0.2) is 42.7 Å². The summed E-state index contributed by atoms with van der Waals surface area (Å²) < 4.78 is 0. The number of piperazine rings is 1. The number of hydrogen-bond donors (Lipinski definition) is 2. The molecular weight excluding hydrogens is 330 g/mol. The van der Waals surface area contributed by atoms with Gasteiger partial charge in [0.15, 0.2) is 5.69 Å². The Morgan fingerprint density at radius 1 is 1.04 bits per heavy atom. The van der Waals surface area contributed by atoms with E-state index in [2.05, 4.69) is 55.4 Å². The lowest BCUT2D eigenvalue weighted by Crippen LogP contribution is -2.46. The fourth-order valence-corrected chi connectivity index (χ4v) is 3.06. The van der Waals surface area contributed by atoms with Crippen LogP contribution >= 0.6 is 0 Å². The van der Waals surface area contributed by atoms with E-state index in [4.69, 9.17) is 5.11 Å². The number of anilines is 1. The van der Waals surface area contributed by atoms with Crippen LogP contribution < -0.4 is 5.32 Å². The van der Waals surface area contributed by atoms with Gasteiger partial charge in [0.1, 0.15) is 5.82 Å². The van der Waals surface area contributed by atoms with Gasteiger partial charge in [-0.25, -0.2) is 14.8 Å². The first-order valence-corrected chi connectivity index (χ1v) is 8.98. The van der Waals surface area contributed by atoms with Crippen molar-refractivity contribution in [3.8, 4) is 0 Å². The molecular formula is C19H25N5O2. The second-order valence-corrected chi connectivity index (χ2v) is 6.48. The van der Waals surface area contributed by atoms with Crippen LogP contribution in [0.4, 0.5) is 5.82 Å². The van der Waals surface area contributed by atoms with Crippen LogP contribution in [0.5, 0.6) is 0 Å². The minimum Gasteiger partial charge on any atom is -0.476 e. The van der Waals surface area contributed by atoms with Crippen molar-refractivity contribution < 1.29 is 9.90 Å². The summed E-state index contributed by atoms with van der Waals surface area (Å²) in [7, 11) is 0. The molecule has 0 bridgehead atoms. The second kappa shape index (κ2) is 9.26. The molecule has 1 fully saturated rings. The number of nitrogens with one attached hydrogen (secondary N) is 1. The molecule has 138 valence electrons. The first-order chi connectivity index (χ1) is 12.7. The first-order valence-electron chi connectivity index (χ1n) is 8.98. The van der Waals surface area contributed by atoms with E-state index in [1.54, 1.807) is 0 Å². The topological polar surface area (TPSA) is 81.6 Å². The van der Waals surface area contributed by atoms with Gasteiger partial charge in [0.2, 0.25) is 0 Å². The second-order valence-electron chi connectivity index (χ2n) is 6.48. The highest BCUT2D eigenvalue weighted by Gasteiger charge is 2.16. The van der Waals surface area contributed by atoms with Gasteiger partial charge >= 0.3 is 5.97 Å². The highest BCUT2D eigenvalue weighted by Crippen LogP contribution is 2.09. The molecule has 26 heavy (non-hydrogen) atoms. The van der Waals surface area contributed by atoms with Gasteiger partial charge in [-0.05, 0) is 18.5 Å². The Bertz CT molecular complexity index is 685. The maximum atomic E-state index is 10.7. The molecule has 1 aliphatic heterocycles. The molecule has 1 aromatic carbocycles. The smallest absolute Gasteiger partial charge is 0.356 e. The van der Waals surface area contributed by atoms with E-state index in [9.17, 15) is 4.79 Å². The minimum atomic E-state index is -1.06. The Kier molecular flexibility index (Phi) is 6.51. The molecule has 2 aromatic rings. The maximum absolute atomic E-state index is 10.7. The van der Waals surface area contributed by atoms with Crippen LogP contribution in [0.3, 0.4) is 0 Å². The van der Waals surface area contributed by atoms with Crippen molar-refractivity contribution in [2.24, 2.45) is 0 Å². The minimum absolute atomic E-state index is 0.0380. The zero-order chi connectivity index (χ0) is 18.2. The van der Waals surface area contributed by atoms with E-state index in [1.807, 2.05) is 0 Å². The number of hydrogen-bond acceptors (Lipinski definition) is 6. The molecule has 0 amide bonds. The van der Waals surface area contributed by atoms with Crippen molar-refractivity contribution in [2.45, 2.75) is 13.0 Å². The van der Waals surface area contributed by atoms with Gasteiger partial charge in [0.05, 0.1) is 12.4 Å². The highest BCUT2D eigenvalue weighted by atomic mass is 16.4. The van der Waals surface area contributed by atoms with Crippen LogP contribution in [-0.4, -0.2) is 70.1 Å². The fourth-order valence-electron chi connectivity index (χ4n) is 3.06. The van der Waals surface area contributed by atoms with Crippen molar-refractivity contribution in [1.82, 2.24) is 19.8 Å². The monoisotopic (exact) mass is 355 g/mol. The molecule has 0 radical (unpaired) electrons. The van der Waals surface area contributed by atoms with Crippen LogP contribution in [0.2, 0.25) is 0 Å². The van der Waals surface area contributed by atoms with E-state index >= 15 is 0 Å². The van der Waals surface area contributed by atoms with Crippen molar-refractivity contribution >= 4 is 11.8 Å². The molecule has 0 saturated carbocycles. The van der Waals surface area contributed by atoms with Crippen LogP contribution in [-0.2, 0) is 6.54 Å². The van der Waals surface area contributed by atoms with E-state index in [0.717, 1.165) is 52.2 Å². The standard InChI is InChI=1S/C19H25N5O2/c25-19(26)17-13-22-18(14-21-17)20-7-4-8-23-9-11-24(12-10-23)15-16-5-2-1-3-6-16/h1-3,5-6,13-14H,4,7-12,15H2,(H,20,22)(H,25,26). The number of carboxylic acid groups (broad SMARTS) is 1. The van der Waals surface area contributed by atoms with E-state index in [0.29, 0.717) is 5.82 Å². The molecule has 2 heterocycles. The molecule has 3 rings (SSSR count). The number of carbonyl (C=O) groups is 1. The summed E-state index contributed by atoms with van der Waals surface area (Å²) >= 11 is 0. The highest BCUT2D eigenvalue weighted by molar-refractivity contribution is 5.84. The molecule has 7 heteroatoms. The molecule has 0 unspecified atom stereocenters. The molecule has 2 N–H and O–H groups in total. The lowest BCUT2D eigenvalue weighted by atomic mass is 10.2. The third-order valence-corrected chi connectivity index (χ3v) is 4.54. The average Bonchev–Trinajstić information content (AvgIpc) is 2.68. The molecule has 0 atom stereocenters. The number of benzene rings is 1. The molecule has 7 nitrogen and oxygen atoms in total.